The molecule has 4 N–H and O–H groups in total. The SMILES string of the molecule is CC1([NH3+])C=CC=CN1C=N. The largest absolute Gasteiger partial charge is 0.332 e. The first-order valence-corrected chi connectivity index (χ1v) is 3.17. The first-order chi connectivity index (χ1) is 4.67. The van der Waals surface area contributed by atoms with Crippen molar-refractivity contribution in [3.05, 3.63) is 24.4 Å². The molecule has 1 unspecified atom stereocenters. The van der Waals surface area contributed by atoms with Crippen LogP contribution in [0.3, 0.4) is 0 Å². The lowest BCUT2D eigenvalue weighted by Gasteiger charge is -2.28. The summed E-state index contributed by atoms with van der Waals surface area (Å²) in [6.45, 7) is 1.96. The van der Waals surface area contributed by atoms with Gasteiger partial charge < -0.3 is 5.73 Å². The van der Waals surface area contributed by atoms with Crippen molar-refractivity contribution in [2.75, 3.05) is 0 Å². The number of rotatable bonds is 1. The lowest BCUT2D eigenvalue weighted by Crippen LogP contribution is -2.76. The molecule has 0 saturated heterocycles. The second-order valence-electron chi connectivity index (χ2n) is 2.59. The van der Waals surface area contributed by atoms with E-state index in [0.29, 0.717) is 0 Å². The Morgan fingerprint density at radius 2 is 2.30 bits per heavy atom. The summed E-state index contributed by atoms with van der Waals surface area (Å²) >= 11 is 0. The molecule has 54 valence electrons. The topological polar surface area (TPSA) is 54.7 Å². The molecular weight excluding hydrogens is 126 g/mol. The highest BCUT2D eigenvalue weighted by molar-refractivity contribution is 5.55. The van der Waals surface area contributed by atoms with Gasteiger partial charge in [-0.3, -0.25) is 10.3 Å². The summed E-state index contributed by atoms with van der Waals surface area (Å²) in [6.07, 6.45) is 8.88. The van der Waals surface area contributed by atoms with Crippen molar-refractivity contribution in [3.63, 3.8) is 0 Å². The van der Waals surface area contributed by atoms with Gasteiger partial charge in [0.05, 0.1) is 6.34 Å². The molecule has 0 spiro atoms. The Morgan fingerprint density at radius 3 is 2.70 bits per heavy atom. The van der Waals surface area contributed by atoms with Crippen molar-refractivity contribution in [2.24, 2.45) is 0 Å². The predicted octanol–water partition coefficient (Wildman–Crippen LogP) is -0.0629. The van der Waals surface area contributed by atoms with Gasteiger partial charge in [0.2, 0.25) is 0 Å². The normalized spacial score (nSPS) is 30.8. The molecule has 0 amide bonds. The Labute approximate surface area is 60.3 Å². The van der Waals surface area contributed by atoms with Gasteiger partial charge in [0.25, 0.3) is 0 Å². The minimum Gasteiger partial charge on any atom is -0.332 e. The fraction of sp³-hybridized carbons (Fsp3) is 0.286. The van der Waals surface area contributed by atoms with Crippen molar-refractivity contribution in [1.29, 1.82) is 5.41 Å². The maximum Gasteiger partial charge on any atom is 0.191 e. The smallest absolute Gasteiger partial charge is 0.191 e. The summed E-state index contributed by atoms with van der Waals surface area (Å²) in [5.41, 5.74) is 3.64. The van der Waals surface area contributed by atoms with E-state index in [2.05, 4.69) is 5.73 Å². The zero-order valence-corrected chi connectivity index (χ0v) is 6.04. The molecule has 0 bridgehead atoms. The molecular formula is C7H12N3+. The standard InChI is InChI=1S/C7H11N3/c1-7(9)4-2-3-5-10(7)6-8/h2-6,8H,9H2,1H3/p+1. The number of quaternary nitrogens is 1. The molecule has 3 nitrogen and oxygen atoms in total. The van der Waals surface area contributed by atoms with E-state index in [9.17, 15) is 0 Å². The van der Waals surface area contributed by atoms with E-state index in [4.69, 9.17) is 5.41 Å². The Morgan fingerprint density at radius 1 is 1.60 bits per heavy atom. The zero-order chi connectivity index (χ0) is 7.61. The zero-order valence-electron chi connectivity index (χ0n) is 6.04. The second kappa shape index (κ2) is 2.27. The molecule has 1 heterocycles. The van der Waals surface area contributed by atoms with Crippen LogP contribution in [0.15, 0.2) is 24.4 Å². The molecule has 1 atom stereocenters. The van der Waals surface area contributed by atoms with E-state index in [-0.39, 0.29) is 5.66 Å². The maximum atomic E-state index is 7.03. The number of nitrogens with one attached hydrogen (secondary N) is 1. The minimum absolute atomic E-state index is 0.281. The number of allylic oxidation sites excluding steroid dienone is 2. The summed E-state index contributed by atoms with van der Waals surface area (Å²) in [7, 11) is 0. The monoisotopic (exact) mass is 138 g/mol. The minimum atomic E-state index is -0.281. The number of nitrogens with zero attached hydrogens (tertiary/aromatic N) is 1. The molecule has 1 aliphatic heterocycles. The van der Waals surface area contributed by atoms with E-state index in [1.54, 1.807) is 4.90 Å². The van der Waals surface area contributed by atoms with Gasteiger partial charge in [-0.15, -0.1) is 0 Å². The van der Waals surface area contributed by atoms with E-state index in [1.165, 1.54) is 6.34 Å². The molecule has 0 aromatic heterocycles. The quantitative estimate of drug-likeness (QED) is 0.387. The molecule has 3 heteroatoms. The third kappa shape index (κ3) is 1.09. The van der Waals surface area contributed by atoms with Crippen molar-refractivity contribution >= 4 is 6.34 Å². The van der Waals surface area contributed by atoms with Crippen LogP contribution in [0.25, 0.3) is 0 Å². The average Bonchev–Trinajstić information content (AvgIpc) is 1.87. The molecule has 0 aliphatic carbocycles. The van der Waals surface area contributed by atoms with Crippen LogP contribution >= 0.6 is 0 Å². The van der Waals surface area contributed by atoms with E-state index in [0.717, 1.165) is 0 Å². The lowest BCUT2D eigenvalue weighted by atomic mass is 10.1. The van der Waals surface area contributed by atoms with Gasteiger partial charge in [0.15, 0.2) is 5.66 Å². The molecule has 0 fully saturated rings. The Hall–Kier alpha value is -1.09. The van der Waals surface area contributed by atoms with Gasteiger partial charge in [0, 0.05) is 13.1 Å². The molecule has 0 aromatic carbocycles. The van der Waals surface area contributed by atoms with E-state index in [1.807, 2.05) is 31.4 Å². The van der Waals surface area contributed by atoms with Gasteiger partial charge in [-0.05, 0) is 12.2 Å². The van der Waals surface area contributed by atoms with Crippen molar-refractivity contribution in [3.8, 4) is 0 Å². The lowest BCUT2D eigenvalue weighted by molar-refractivity contribution is -0.480. The highest BCUT2D eigenvalue weighted by atomic mass is 15.3. The van der Waals surface area contributed by atoms with Gasteiger partial charge in [-0.1, -0.05) is 6.08 Å². The Bertz CT molecular complexity index is 191. The third-order valence-electron chi connectivity index (χ3n) is 1.54. The van der Waals surface area contributed by atoms with Crippen molar-refractivity contribution < 1.29 is 5.73 Å². The molecule has 1 aliphatic rings. The summed E-state index contributed by atoms with van der Waals surface area (Å²) in [5.74, 6) is 0. The van der Waals surface area contributed by atoms with Crippen LogP contribution in [0.2, 0.25) is 0 Å². The molecule has 0 aromatic rings. The highest BCUT2D eigenvalue weighted by Gasteiger charge is 2.25. The average molecular weight is 138 g/mol. The fourth-order valence-electron chi connectivity index (χ4n) is 0.852. The second-order valence-corrected chi connectivity index (χ2v) is 2.59. The van der Waals surface area contributed by atoms with Gasteiger partial charge in [-0.25, -0.2) is 0 Å². The van der Waals surface area contributed by atoms with Gasteiger partial charge in [-0.2, -0.15) is 0 Å². The summed E-state index contributed by atoms with van der Waals surface area (Å²) in [6, 6.07) is 0. The molecule has 1 rings (SSSR count). The molecule has 10 heavy (non-hydrogen) atoms. The van der Waals surface area contributed by atoms with Crippen LogP contribution in [-0.2, 0) is 0 Å². The van der Waals surface area contributed by atoms with E-state index >= 15 is 0 Å². The first kappa shape index (κ1) is 7.02. The van der Waals surface area contributed by atoms with Crippen molar-refractivity contribution in [1.82, 2.24) is 4.90 Å². The predicted molar refractivity (Wildman–Crippen MR) is 40.2 cm³/mol. The highest BCUT2D eigenvalue weighted by Crippen LogP contribution is 2.09. The Balaban J connectivity index is 2.84. The van der Waals surface area contributed by atoms with Crippen LogP contribution in [-0.4, -0.2) is 16.9 Å². The van der Waals surface area contributed by atoms with Gasteiger partial charge >= 0.3 is 0 Å². The Kier molecular flexibility index (Phi) is 1.59. The summed E-state index contributed by atoms with van der Waals surface area (Å²) < 4.78 is 0. The van der Waals surface area contributed by atoms with Crippen molar-refractivity contribution in [2.45, 2.75) is 12.6 Å². The number of hydrogen-bond acceptors (Lipinski definition) is 1. The summed E-state index contributed by atoms with van der Waals surface area (Å²) in [4.78, 5) is 1.74. The fourth-order valence-corrected chi connectivity index (χ4v) is 0.852. The van der Waals surface area contributed by atoms with Crippen LogP contribution in [0, 0.1) is 5.41 Å². The summed E-state index contributed by atoms with van der Waals surface area (Å²) in [5, 5.41) is 7.03. The number of hydrogen-bond donors (Lipinski definition) is 2. The van der Waals surface area contributed by atoms with Crippen LogP contribution in [0.4, 0.5) is 0 Å². The molecule has 0 saturated carbocycles. The van der Waals surface area contributed by atoms with Gasteiger partial charge in [0.1, 0.15) is 0 Å². The van der Waals surface area contributed by atoms with Crippen LogP contribution < -0.4 is 5.73 Å². The van der Waals surface area contributed by atoms with Crippen LogP contribution in [0.1, 0.15) is 6.92 Å². The first-order valence-electron chi connectivity index (χ1n) is 3.17. The maximum absolute atomic E-state index is 7.03. The molecule has 0 radical (unpaired) electrons. The van der Waals surface area contributed by atoms with Crippen LogP contribution in [0.5, 0.6) is 0 Å². The third-order valence-corrected chi connectivity index (χ3v) is 1.54. The van der Waals surface area contributed by atoms with E-state index < -0.39 is 0 Å².